The van der Waals surface area contributed by atoms with E-state index in [1.165, 1.54) is 11.8 Å². The number of amides is 1. The highest BCUT2D eigenvalue weighted by molar-refractivity contribution is 5.80. The lowest BCUT2D eigenvalue weighted by Crippen LogP contribution is -2.31. The quantitative estimate of drug-likeness (QED) is 0.472. The van der Waals surface area contributed by atoms with Gasteiger partial charge in [-0.05, 0) is 6.42 Å². The predicted molar refractivity (Wildman–Crippen MR) is 49.2 cm³/mol. The molecule has 0 saturated heterocycles. The maximum atomic E-state index is 11.0. The van der Waals surface area contributed by atoms with Gasteiger partial charge < -0.3 is 9.64 Å². The van der Waals surface area contributed by atoms with Crippen molar-refractivity contribution in [3.8, 4) is 0 Å². The van der Waals surface area contributed by atoms with Crippen molar-refractivity contribution in [3.05, 3.63) is 0 Å². The second-order valence-electron chi connectivity index (χ2n) is 2.95. The van der Waals surface area contributed by atoms with Crippen LogP contribution in [0.3, 0.4) is 0 Å². The molecule has 1 amide bonds. The van der Waals surface area contributed by atoms with E-state index in [9.17, 15) is 9.59 Å². The molecule has 0 rings (SSSR count). The number of nitrogens with zero attached hydrogens (tertiary/aromatic N) is 1. The van der Waals surface area contributed by atoms with Crippen LogP contribution in [0.1, 0.15) is 26.7 Å². The highest BCUT2D eigenvalue weighted by Gasteiger charge is 2.08. The fourth-order valence-corrected chi connectivity index (χ4v) is 0.681. The molecule has 0 fully saturated rings. The number of likely N-dealkylation sites (N-methyl/N-ethyl adjacent to an activating group) is 1. The Morgan fingerprint density at radius 3 is 2.46 bits per heavy atom. The molecule has 0 aromatic heterocycles. The van der Waals surface area contributed by atoms with Gasteiger partial charge in [0, 0.05) is 14.0 Å². The van der Waals surface area contributed by atoms with Crippen molar-refractivity contribution in [1.82, 2.24) is 4.90 Å². The van der Waals surface area contributed by atoms with Gasteiger partial charge in [0.25, 0.3) is 0 Å². The van der Waals surface area contributed by atoms with E-state index >= 15 is 0 Å². The normalized spacial score (nSPS) is 9.46. The second kappa shape index (κ2) is 6.46. The first-order chi connectivity index (χ1) is 6.07. The Bertz CT molecular complexity index is 180. The summed E-state index contributed by atoms with van der Waals surface area (Å²) in [6.45, 7) is 3.93. The smallest absolute Gasteiger partial charge is 0.325 e. The van der Waals surface area contributed by atoms with E-state index in [-0.39, 0.29) is 18.4 Å². The number of unbranched alkanes of at least 4 members (excludes halogenated alkanes) is 1. The molecule has 0 atom stereocenters. The van der Waals surface area contributed by atoms with Crippen molar-refractivity contribution in [1.29, 1.82) is 0 Å². The summed E-state index contributed by atoms with van der Waals surface area (Å²) in [4.78, 5) is 23.1. The Morgan fingerprint density at radius 1 is 1.38 bits per heavy atom. The molecule has 4 nitrogen and oxygen atoms in total. The third kappa shape index (κ3) is 6.13. The van der Waals surface area contributed by atoms with Crippen molar-refractivity contribution >= 4 is 11.9 Å². The molecule has 76 valence electrons. The molecule has 0 aliphatic heterocycles. The first-order valence-corrected chi connectivity index (χ1v) is 4.45. The summed E-state index contributed by atoms with van der Waals surface area (Å²) in [7, 11) is 1.57. The summed E-state index contributed by atoms with van der Waals surface area (Å²) < 4.78 is 4.87. The average molecular weight is 187 g/mol. The van der Waals surface area contributed by atoms with Gasteiger partial charge in [0.05, 0.1) is 6.61 Å². The van der Waals surface area contributed by atoms with Crippen LogP contribution in [-0.4, -0.2) is 37.0 Å². The van der Waals surface area contributed by atoms with Crippen molar-refractivity contribution in [2.45, 2.75) is 26.7 Å². The van der Waals surface area contributed by atoms with E-state index in [1.807, 2.05) is 6.92 Å². The lowest BCUT2D eigenvalue weighted by molar-refractivity contribution is -0.148. The Morgan fingerprint density at radius 2 is 2.00 bits per heavy atom. The molecule has 0 aromatic carbocycles. The number of hydrogen-bond donors (Lipinski definition) is 0. The standard InChI is InChI=1S/C9H17NO3/c1-4-5-6-13-9(12)7-10(3)8(2)11/h4-7H2,1-3H3. The number of rotatable bonds is 5. The van der Waals surface area contributed by atoms with Crippen molar-refractivity contribution in [3.63, 3.8) is 0 Å². The van der Waals surface area contributed by atoms with Crippen LogP contribution in [0.2, 0.25) is 0 Å². The van der Waals surface area contributed by atoms with Crippen LogP contribution in [0.25, 0.3) is 0 Å². The van der Waals surface area contributed by atoms with E-state index in [0.29, 0.717) is 6.61 Å². The Hall–Kier alpha value is -1.06. The molecule has 0 aliphatic carbocycles. The largest absolute Gasteiger partial charge is 0.464 e. The SMILES string of the molecule is CCCCOC(=O)CN(C)C(C)=O. The fourth-order valence-electron chi connectivity index (χ4n) is 0.681. The van der Waals surface area contributed by atoms with Crippen LogP contribution >= 0.6 is 0 Å². The van der Waals surface area contributed by atoms with Crippen molar-refractivity contribution < 1.29 is 14.3 Å². The molecule has 4 heteroatoms. The molecule has 0 heterocycles. The van der Waals surface area contributed by atoms with Gasteiger partial charge >= 0.3 is 5.97 Å². The molecule has 13 heavy (non-hydrogen) atoms. The summed E-state index contributed by atoms with van der Waals surface area (Å²) in [5.41, 5.74) is 0. The van der Waals surface area contributed by atoms with E-state index in [0.717, 1.165) is 12.8 Å². The third-order valence-corrected chi connectivity index (χ3v) is 1.66. The summed E-state index contributed by atoms with van der Waals surface area (Å²) >= 11 is 0. The molecule has 0 unspecified atom stereocenters. The topological polar surface area (TPSA) is 46.6 Å². The molecule has 0 aromatic rings. The molecule has 0 N–H and O–H groups in total. The minimum Gasteiger partial charge on any atom is -0.464 e. The van der Waals surface area contributed by atoms with Gasteiger partial charge in [-0.3, -0.25) is 9.59 Å². The highest BCUT2D eigenvalue weighted by Crippen LogP contribution is 1.91. The summed E-state index contributed by atoms with van der Waals surface area (Å²) in [6.07, 6.45) is 1.87. The lowest BCUT2D eigenvalue weighted by atomic mass is 10.4. The number of hydrogen-bond acceptors (Lipinski definition) is 3. The van der Waals surface area contributed by atoms with E-state index < -0.39 is 0 Å². The van der Waals surface area contributed by atoms with Gasteiger partial charge in [-0.25, -0.2) is 0 Å². The number of carbonyl (C=O) groups excluding carboxylic acids is 2. The van der Waals surface area contributed by atoms with Crippen LogP contribution in [0.15, 0.2) is 0 Å². The van der Waals surface area contributed by atoms with Gasteiger partial charge in [0.1, 0.15) is 6.54 Å². The van der Waals surface area contributed by atoms with Gasteiger partial charge in [0.2, 0.25) is 5.91 Å². The lowest BCUT2D eigenvalue weighted by Gasteiger charge is -2.13. The first-order valence-electron chi connectivity index (χ1n) is 4.45. The van der Waals surface area contributed by atoms with E-state index in [4.69, 9.17) is 4.74 Å². The monoisotopic (exact) mass is 187 g/mol. The highest BCUT2D eigenvalue weighted by atomic mass is 16.5. The van der Waals surface area contributed by atoms with Crippen LogP contribution < -0.4 is 0 Å². The fraction of sp³-hybridized carbons (Fsp3) is 0.778. The Labute approximate surface area is 78.9 Å². The average Bonchev–Trinajstić information content (AvgIpc) is 2.04. The van der Waals surface area contributed by atoms with Gasteiger partial charge in [-0.15, -0.1) is 0 Å². The molecule has 0 aliphatic rings. The Kier molecular flexibility index (Phi) is 5.93. The number of carbonyl (C=O) groups is 2. The number of ether oxygens (including phenoxy) is 1. The molecule has 0 saturated carbocycles. The third-order valence-electron chi connectivity index (χ3n) is 1.66. The maximum absolute atomic E-state index is 11.0. The summed E-state index contributed by atoms with van der Waals surface area (Å²) in [5, 5.41) is 0. The van der Waals surface area contributed by atoms with Crippen LogP contribution in [0.5, 0.6) is 0 Å². The first kappa shape index (κ1) is 11.9. The van der Waals surface area contributed by atoms with Crippen LogP contribution in [-0.2, 0) is 14.3 Å². The van der Waals surface area contributed by atoms with Gasteiger partial charge in [0.15, 0.2) is 0 Å². The van der Waals surface area contributed by atoms with Crippen molar-refractivity contribution in [2.75, 3.05) is 20.2 Å². The van der Waals surface area contributed by atoms with Crippen molar-refractivity contribution in [2.24, 2.45) is 0 Å². The summed E-state index contributed by atoms with van der Waals surface area (Å²) in [6, 6.07) is 0. The maximum Gasteiger partial charge on any atom is 0.325 e. The molecule has 0 bridgehead atoms. The Balaban J connectivity index is 3.56. The predicted octanol–water partition coefficient (Wildman–Crippen LogP) is 0.808. The van der Waals surface area contributed by atoms with E-state index in [1.54, 1.807) is 7.05 Å². The molecular weight excluding hydrogens is 170 g/mol. The van der Waals surface area contributed by atoms with Crippen LogP contribution in [0.4, 0.5) is 0 Å². The second-order valence-corrected chi connectivity index (χ2v) is 2.95. The molecule has 0 radical (unpaired) electrons. The minimum absolute atomic E-state index is 0.0407. The molecule has 0 spiro atoms. The van der Waals surface area contributed by atoms with Crippen LogP contribution in [0, 0.1) is 0 Å². The minimum atomic E-state index is -0.342. The zero-order chi connectivity index (χ0) is 10.3. The van der Waals surface area contributed by atoms with Gasteiger partial charge in [-0.1, -0.05) is 13.3 Å². The zero-order valence-electron chi connectivity index (χ0n) is 8.50. The molecular formula is C9H17NO3. The zero-order valence-corrected chi connectivity index (χ0v) is 8.50. The van der Waals surface area contributed by atoms with Gasteiger partial charge in [-0.2, -0.15) is 0 Å². The summed E-state index contributed by atoms with van der Waals surface area (Å²) in [5.74, 6) is -0.474. The van der Waals surface area contributed by atoms with E-state index in [2.05, 4.69) is 0 Å². The number of esters is 1.